The highest BCUT2D eigenvalue weighted by atomic mass is 16.6. The lowest BCUT2D eigenvalue weighted by atomic mass is 10.0. The van der Waals surface area contributed by atoms with E-state index in [1.165, 1.54) is 7.11 Å². The predicted octanol–water partition coefficient (Wildman–Crippen LogP) is -1.95. The predicted molar refractivity (Wildman–Crippen MR) is 185 cm³/mol. The van der Waals surface area contributed by atoms with Gasteiger partial charge in [-0.15, -0.1) is 0 Å². The van der Waals surface area contributed by atoms with E-state index in [9.17, 15) is 43.9 Å². The molecule has 2 aliphatic rings. The number of carbonyl (C=O) groups excluding carboxylic acids is 6. The summed E-state index contributed by atoms with van der Waals surface area (Å²) in [5.41, 5.74) is 0. The fourth-order valence-electron chi connectivity index (χ4n) is 4.98. The Morgan fingerprint density at radius 2 is 1.24 bits per heavy atom. The number of nitrogens with one attached hydrogen (secondary N) is 2. The maximum atomic E-state index is 12.2. The molecule has 0 spiro atoms. The van der Waals surface area contributed by atoms with E-state index in [1.54, 1.807) is 0 Å². The molecule has 6 amide bonds. The second-order valence-corrected chi connectivity index (χ2v) is 12.0. The molecule has 2 aliphatic heterocycles. The Hall–Kier alpha value is -3.93. The van der Waals surface area contributed by atoms with Crippen molar-refractivity contribution in [2.24, 2.45) is 5.92 Å². The van der Waals surface area contributed by atoms with Gasteiger partial charge in [-0.1, -0.05) is 0 Å². The number of methoxy groups -OCH3 is 1. The van der Waals surface area contributed by atoms with Gasteiger partial charge in [-0.3, -0.25) is 38.9 Å². The van der Waals surface area contributed by atoms with Crippen LogP contribution in [0.5, 0.6) is 0 Å². The SMILES string of the molecule is COC(COCCOCCOCCOCCOCCOCCOCCC(=O)N[C@@H](CCCCNC(=O)CN1C(=O)C=CC1=O)C(=O)O)C1CC(=O)N(O)C1=O. The molecule has 0 aromatic heterocycles. The lowest BCUT2D eigenvalue weighted by molar-refractivity contribution is -0.173. The molecule has 0 bridgehead atoms. The van der Waals surface area contributed by atoms with Gasteiger partial charge in [0.15, 0.2) is 0 Å². The summed E-state index contributed by atoms with van der Waals surface area (Å²) in [5.74, 6) is -5.40. The van der Waals surface area contributed by atoms with E-state index in [2.05, 4.69) is 10.6 Å². The van der Waals surface area contributed by atoms with Gasteiger partial charge in [0, 0.05) is 38.6 Å². The summed E-state index contributed by atoms with van der Waals surface area (Å²) in [7, 11) is 1.41. The Morgan fingerprint density at radius 3 is 1.69 bits per heavy atom. The molecule has 2 rings (SSSR count). The maximum absolute atomic E-state index is 12.2. The average molecular weight is 791 g/mol. The van der Waals surface area contributed by atoms with Gasteiger partial charge in [0.1, 0.15) is 12.6 Å². The average Bonchev–Trinajstić information content (AvgIpc) is 3.61. The molecule has 4 N–H and O–H groups in total. The number of carboxylic acids is 1. The third-order valence-electron chi connectivity index (χ3n) is 7.97. The lowest BCUT2D eigenvalue weighted by Crippen LogP contribution is -2.41. The zero-order valence-corrected chi connectivity index (χ0v) is 31.1. The number of ether oxygens (including phenoxy) is 8. The largest absolute Gasteiger partial charge is 0.480 e. The van der Waals surface area contributed by atoms with Gasteiger partial charge < -0.3 is 53.6 Å². The van der Waals surface area contributed by atoms with Crippen LogP contribution in [0.1, 0.15) is 32.1 Å². The summed E-state index contributed by atoms with van der Waals surface area (Å²) in [6.45, 7) is 4.04. The number of nitrogens with zero attached hydrogens (tertiary/aromatic N) is 2. The van der Waals surface area contributed by atoms with Crippen LogP contribution in [0.4, 0.5) is 0 Å². The van der Waals surface area contributed by atoms with Crippen molar-refractivity contribution in [1.82, 2.24) is 20.6 Å². The number of rotatable bonds is 34. The van der Waals surface area contributed by atoms with Gasteiger partial charge in [-0.05, 0) is 19.3 Å². The molecule has 55 heavy (non-hydrogen) atoms. The summed E-state index contributed by atoms with van der Waals surface area (Å²) in [6, 6.07) is -1.09. The van der Waals surface area contributed by atoms with Crippen molar-refractivity contribution in [1.29, 1.82) is 0 Å². The highest BCUT2D eigenvalue weighted by Crippen LogP contribution is 2.23. The first-order valence-electron chi connectivity index (χ1n) is 18.0. The summed E-state index contributed by atoms with van der Waals surface area (Å²) in [5, 5.41) is 23.9. The number of carbonyl (C=O) groups is 7. The van der Waals surface area contributed by atoms with Crippen LogP contribution in [0.3, 0.4) is 0 Å². The van der Waals surface area contributed by atoms with Crippen molar-refractivity contribution >= 4 is 41.4 Å². The van der Waals surface area contributed by atoms with Crippen LogP contribution in [0, 0.1) is 5.92 Å². The van der Waals surface area contributed by atoms with Gasteiger partial charge >= 0.3 is 5.97 Å². The Morgan fingerprint density at radius 1 is 0.745 bits per heavy atom. The van der Waals surface area contributed by atoms with Crippen molar-refractivity contribution < 1.29 is 81.8 Å². The van der Waals surface area contributed by atoms with E-state index < -0.39 is 59.5 Å². The number of imide groups is 2. The number of hydroxylamine groups is 2. The first-order valence-corrected chi connectivity index (χ1v) is 18.0. The van der Waals surface area contributed by atoms with Crippen molar-refractivity contribution in [3.05, 3.63) is 12.2 Å². The van der Waals surface area contributed by atoms with Gasteiger partial charge in [0.2, 0.25) is 11.8 Å². The fourth-order valence-corrected chi connectivity index (χ4v) is 4.98. The molecule has 0 aromatic carbocycles. The quantitative estimate of drug-likeness (QED) is 0.0314. The molecule has 0 aliphatic carbocycles. The van der Waals surface area contributed by atoms with Gasteiger partial charge in [-0.25, -0.2) is 4.79 Å². The first kappa shape index (κ1) is 47.2. The Bertz CT molecular complexity index is 1230. The number of unbranched alkanes of at least 4 members (excludes halogenated alkanes) is 1. The van der Waals surface area contributed by atoms with E-state index in [1.807, 2.05) is 0 Å². The normalized spacial score (nSPS) is 16.7. The molecule has 2 heterocycles. The zero-order chi connectivity index (χ0) is 40.3. The summed E-state index contributed by atoms with van der Waals surface area (Å²) >= 11 is 0. The van der Waals surface area contributed by atoms with Crippen molar-refractivity contribution in [3.8, 4) is 0 Å². The third-order valence-corrected chi connectivity index (χ3v) is 7.97. The summed E-state index contributed by atoms with van der Waals surface area (Å²) in [6.07, 6.45) is 2.37. The van der Waals surface area contributed by atoms with Crippen LogP contribution in [0.25, 0.3) is 0 Å². The lowest BCUT2D eigenvalue weighted by Gasteiger charge is -2.19. The zero-order valence-electron chi connectivity index (χ0n) is 31.1. The second-order valence-electron chi connectivity index (χ2n) is 12.0. The highest BCUT2D eigenvalue weighted by Gasteiger charge is 2.43. The van der Waals surface area contributed by atoms with Crippen LogP contribution in [0.2, 0.25) is 0 Å². The molecule has 21 nitrogen and oxygen atoms in total. The number of carboxylic acid groups (broad SMARTS) is 1. The third kappa shape index (κ3) is 20.0. The number of hydrogen-bond acceptors (Lipinski definition) is 16. The van der Waals surface area contributed by atoms with E-state index in [4.69, 9.17) is 37.9 Å². The monoisotopic (exact) mass is 790 g/mol. The van der Waals surface area contributed by atoms with Crippen molar-refractivity contribution in [2.75, 3.05) is 113 Å². The molecule has 1 fully saturated rings. The molecule has 21 heteroatoms. The van der Waals surface area contributed by atoms with Gasteiger partial charge in [0.05, 0.1) is 105 Å². The molecule has 312 valence electrons. The van der Waals surface area contributed by atoms with E-state index >= 15 is 0 Å². The molecule has 0 radical (unpaired) electrons. The number of hydrogen-bond donors (Lipinski definition) is 4. The second kappa shape index (κ2) is 28.5. The standard InChI is InChI=1S/C34H54N4O17/c1-48-27(25-22-32(43)38(47)33(25)44)24-55-21-20-54-19-18-53-17-16-52-15-14-51-13-12-50-11-10-49-9-7-28(39)36-26(34(45)46)4-2-3-8-35-29(40)23-37-30(41)5-6-31(37)42/h5-6,25-27,47H,2-4,7-24H2,1H3,(H,35,40)(H,36,39)(H,45,46)/t25?,26-,27?/m0/s1. The van der Waals surface area contributed by atoms with E-state index in [0.29, 0.717) is 72.3 Å². The fraction of sp³-hybridized carbons (Fsp3) is 0.735. The summed E-state index contributed by atoms with van der Waals surface area (Å²) in [4.78, 5) is 82.7. The van der Waals surface area contributed by atoms with Crippen molar-refractivity contribution in [2.45, 2.75) is 44.2 Å². The van der Waals surface area contributed by atoms with Crippen LogP contribution in [-0.2, 0) is 71.5 Å². The topological polar surface area (TPSA) is 264 Å². The number of aliphatic carboxylic acids is 1. The van der Waals surface area contributed by atoms with Gasteiger partial charge in [0.25, 0.3) is 23.6 Å². The van der Waals surface area contributed by atoms with E-state index in [-0.39, 0.29) is 70.4 Å². The van der Waals surface area contributed by atoms with Crippen LogP contribution in [-0.4, -0.2) is 187 Å². The van der Waals surface area contributed by atoms with Crippen LogP contribution >= 0.6 is 0 Å². The molecule has 0 saturated carbocycles. The van der Waals surface area contributed by atoms with E-state index in [0.717, 1.165) is 17.1 Å². The molecular formula is C34H54N4O17. The minimum atomic E-state index is -1.18. The van der Waals surface area contributed by atoms with Gasteiger partial charge in [-0.2, -0.15) is 5.06 Å². The van der Waals surface area contributed by atoms with Crippen LogP contribution in [0.15, 0.2) is 12.2 Å². The van der Waals surface area contributed by atoms with Crippen molar-refractivity contribution in [3.63, 3.8) is 0 Å². The summed E-state index contributed by atoms with van der Waals surface area (Å²) < 4.78 is 43.2. The molecule has 1 saturated heterocycles. The number of amides is 6. The van der Waals surface area contributed by atoms with Crippen LogP contribution < -0.4 is 10.6 Å². The smallest absolute Gasteiger partial charge is 0.326 e. The molecular weight excluding hydrogens is 736 g/mol. The Balaban J connectivity index is 1.30. The maximum Gasteiger partial charge on any atom is 0.326 e. The Kier molecular flexibility index (Phi) is 24.4. The molecule has 2 unspecified atom stereocenters. The minimum Gasteiger partial charge on any atom is -0.480 e. The highest BCUT2D eigenvalue weighted by molar-refractivity contribution is 6.14. The Labute approximate surface area is 318 Å². The molecule has 0 aromatic rings. The minimum absolute atomic E-state index is 0.0268. The first-order chi connectivity index (χ1) is 26.5. The molecule has 3 atom stereocenters.